The molecule has 1 fully saturated rings. The number of carbonyl (C=O) groups excluding carboxylic acids is 1. The first kappa shape index (κ1) is 26.5. The van der Waals surface area contributed by atoms with Crippen molar-refractivity contribution in [2.24, 2.45) is 0 Å². The number of amides is 1. The number of rotatable bonds is 6. The number of hydrogen-bond donors (Lipinski definition) is 2. The molecule has 5 aromatic rings. The SMILES string of the molecule is O=C(NC1CCC(Nc2ncnc3c2nc(-c2ccc(Cl)cc2Cl)n3-c2ccc(Cl)cc2)CC1)c1cccnc1. The molecule has 0 spiro atoms. The second kappa shape index (κ2) is 11.4. The van der Waals surface area contributed by atoms with Crippen LogP contribution in [0.25, 0.3) is 28.2 Å². The third-order valence-corrected chi connectivity index (χ3v) is 7.83. The van der Waals surface area contributed by atoms with Crippen molar-refractivity contribution >= 4 is 57.7 Å². The van der Waals surface area contributed by atoms with Crippen LogP contribution in [0, 0.1) is 0 Å². The van der Waals surface area contributed by atoms with Gasteiger partial charge in [-0.1, -0.05) is 34.8 Å². The van der Waals surface area contributed by atoms with E-state index in [9.17, 15) is 4.79 Å². The fraction of sp³-hybridized carbons (Fsp3) is 0.207. The Morgan fingerprint density at radius 2 is 1.65 bits per heavy atom. The number of nitrogens with zero attached hydrogens (tertiary/aromatic N) is 5. The van der Waals surface area contributed by atoms with E-state index in [-0.39, 0.29) is 18.0 Å². The highest BCUT2D eigenvalue weighted by atomic mass is 35.5. The summed E-state index contributed by atoms with van der Waals surface area (Å²) in [6.45, 7) is 0. The van der Waals surface area contributed by atoms with E-state index in [2.05, 4.69) is 25.6 Å². The second-order valence-corrected chi connectivity index (χ2v) is 11.0. The molecule has 2 N–H and O–H groups in total. The molecule has 0 bridgehead atoms. The smallest absolute Gasteiger partial charge is 0.253 e. The molecule has 1 amide bonds. The molecule has 202 valence electrons. The van der Waals surface area contributed by atoms with E-state index in [0.717, 1.165) is 36.9 Å². The van der Waals surface area contributed by atoms with E-state index >= 15 is 0 Å². The lowest BCUT2D eigenvalue weighted by Crippen LogP contribution is -2.40. The van der Waals surface area contributed by atoms with Gasteiger partial charge in [0.15, 0.2) is 17.0 Å². The van der Waals surface area contributed by atoms with Crippen LogP contribution in [0.4, 0.5) is 5.82 Å². The Kier molecular flexibility index (Phi) is 7.56. The van der Waals surface area contributed by atoms with Crippen molar-refractivity contribution in [1.82, 2.24) is 29.8 Å². The van der Waals surface area contributed by atoms with Crippen LogP contribution in [0.2, 0.25) is 15.1 Å². The molecule has 0 aliphatic heterocycles. The third kappa shape index (κ3) is 5.47. The monoisotopic (exact) mass is 591 g/mol. The maximum Gasteiger partial charge on any atom is 0.253 e. The van der Waals surface area contributed by atoms with Crippen LogP contribution < -0.4 is 10.6 Å². The summed E-state index contributed by atoms with van der Waals surface area (Å²) >= 11 is 19.0. The average Bonchev–Trinajstić information content (AvgIpc) is 3.35. The van der Waals surface area contributed by atoms with Crippen LogP contribution in [0.3, 0.4) is 0 Å². The van der Waals surface area contributed by atoms with Crippen LogP contribution in [-0.2, 0) is 0 Å². The zero-order chi connectivity index (χ0) is 27.6. The minimum absolute atomic E-state index is 0.0943. The maximum absolute atomic E-state index is 12.5. The Hall–Kier alpha value is -3.72. The van der Waals surface area contributed by atoms with E-state index in [1.54, 1.807) is 36.7 Å². The molecule has 0 atom stereocenters. The van der Waals surface area contributed by atoms with Crippen LogP contribution in [-0.4, -0.2) is 42.5 Å². The zero-order valence-electron chi connectivity index (χ0n) is 21.2. The van der Waals surface area contributed by atoms with Gasteiger partial charge in [0.05, 0.1) is 10.6 Å². The molecule has 40 heavy (non-hydrogen) atoms. The van der Waals surface area contributed by atoms with Crippen molar-refractivity contribution in [1.29, 1.82) is 0 Å². The first-order valence-corrected chi connectivity index (χ1v) is 14.0. The van der Waals surface area contributed by atoms with Crippen molar-refractivity contribution in [3.05, 3.63) is 93.9 Å². The fourth-order valence-electron chi connectivity index (χ4n) is 5.03. The van der Waals surface area contributed by atoms with E-state index < -0.39 is 0 Å². The van der Waals surface area contributed by atoms with Crippen molar-refractivity contribution in [3.8, 4) is 17.1 Å². The first-order valence-electron chi connectivity index (χ1n) is 12.9. The molecule has 0 saturated heterocycles. The number of benzene rings is 2. The van der Waals surface area contributed by atoms with Crippen molar-refractivity contribution in [2.45, 2.75) is 37.8 Å². The number of aromatic nitrogens is 5. The Bertz CT molecular complexity index is 1670. The summed E-state index contributed by atoms with van der Waals surface area (Å²) < 4.78 is 1.94. The molecular weight excluding hydrogens is 569 g/mol. The number of anilines is 1. The lowest BCUT2D eigenvalue weighted by Gasteiger charge is -2.30. The van der Waals surface area contributed by atoms with E-state index in [1.807, 2.05) is 34.9 Å². The molecule has 6 rings (SSSR count). The minimum Gasteiger partial charge on any atom is -0.365 e. The van der Waals surface area contributed by atoms with Gasteiger partial charge in [-0.25, -0.2) is 15.0 Å². The highest BCUT2D eigenvalue weighted by molar-refractivity contribution is 6.36. The number of carbonyl (C=O) groups is 1. The number of hydrogen-bond acceptors (Lipinski definition) is 6. The Balaban J connectivity index is 1.27. The van der Waals surface area contributed by atoms with Gasteiger partial charge in [0.1, 0.15) is 12.2 Å². The topological polar surface area (TPSA) is 97.6 Å². The van der Waals surface area contributed by atoms with Gasteiger partial charge in [0.25, 0.3) is 5.91 Å². The Labute approximate surface area is 245 Å². The van der Waals surface area contributed by atoms with Crippen LogP contribution in [0.1, 0.15) is 36.0 Å². The summed E-state index contributed by atoms with van der Waals surface area (Å²) in [5, 5.41) is 8.36. The van der Waals surface area contributed by atoms with Crippen LogP contribution in [0.5, 0.6) is 0 Å². The average molecular weight is 593 g/mol. The van der Waals surface area contributed by atoms with Gasteiger partial charge in [0.2, 0.25) is 0 Å². The lowest BCUT2D eigenvalue weighted by atomic mass is 9.91. The normalized spacial score (nSPS) is 17.1. The number of imidazole rings is 1. The van der Waals surface area contributed by atoms with Gasteiger partial charge in [-0.15, -0.1) is 0 Å². The van der Waals surface area contributed by atoms with Gasteiger partial charge in [0, 0.05) is 45.8 Å². The number of halogens is 3. The summed E-state index contributed by atoms with van der Waals surface area (Å²) in [5.41, 5.74) is 3.39. The van der Waals surface area contributed by atoms with Crippen LogP contribution in [0.15, 0.2) is 73.3 Å². The summed E-state index contributed by atoms with van der Waals surface area (Å²) in [6, 6.07) is 16.6. The molecule has 3 heterocycles. The molecule has 3 aromatic heterocycles. The highest BCUT2D eigenvalue weighted by Gasteiger charge is 2.25. The van der Waals surface area contributed by atoms with Gasteiger partial charge >= 0.3 is 0 Å². The number of fused-ring (bicyclic) bond motifs is 1. The Morgan fingerprint density at radius 1 is 0.900 bits per heavy atom. The van der Waals surface area contributed by atoms with Gasteiger partial charge < -0.3 is 10.6 Å². The van der Waals surface area contributed by atoms with Crippen molar-refractivity contribution < 1.29 is 4.79 Å². The maximum atomic E-state index is 12.5. The van der Waals surface area contributed by atoms with E-state index in [4.69, 9.17) is 39.8 Å². The molecule has 1 aliphatic carbocycles. The fourth-order valence-corrected chi connectivity index (χ4v) is 5.64. The zero-order valence-corrected chi connectivity index (χ0v) is 23.5. The summed E-state index contributed by atoms with van der Waals surface area (Å²) in [6.07, 6.45) is 8.21. The molecule has 1 saturated carbocycles. The summed E-state index contributed by atoms with van der Waals surface area (Å²) in [7, 11) is 0. The van der Waals surface area contributed by atoms with Crippen molar-refractivity contribution in [2.75, 3.05) is 5.32 Å². The predicted molar refractivity (Wildman–Crippen MR) is 158 cm³/mol. The molecule has 8 nitrogen and oxygen atoms in total. The third-order valence-electron chi connectivity index (χ3n) is 7.03. The van der Waals surface area contributed by atoms with Crippen molar-refractivity contribution in [3.63, 3.8) is 0 Å². The quantitative estimate of drug-likeness (QED) is 0.221. The largest absolute Gasteiger partial charge is 0.365 e. The summed E-state index contributed by atoms with van der Waals surface area (Å²) in [5.74, 6) is 1.17. The second-order valence-electron chi connectivity index (χ2n) is 9.67. The summed E-state index contributed by atoms with van der Waals surface area (Å²) in [4.78, 5) is 30.7. The highest BCUT2D eigenvalue weighted by Crippen LogP contribution is 2.35. The predicted octanol–water partition coefficient (Wildman–Crippen LogP) is 6.99. The Morgan fingerprint density at radius 3 is 2.38 bits per heavy atom. The number of nitrogens with one attached hydrogen (secondary N) is 2. The standard InChI is InChI=1S/C29H24Cl3N7O/c30-18-3-10-22(11-4-18)39-27(23-12-5-19(31)14-24(23)32)38-25-26(34-16-35-28(25)39)36-20-6-8-21(9-7-20)37-29(40)17-2-1-13-33-15-17/h1-5,10-16,20-21H,6-9H2,(H,37,40)(H,34,35,36). The van der Waals surface area contributed by atoms with E-state index in [0.29, 0.717) is 43.4 Å². The molecule has 11 heteroatoms. The van der Waals surface area contributed by atoms with E-state index in [1.165, 1.54) is 6.33 Å². The van der Waals surface area contributed by atoms with Gasteiger partial charge in [-0.2, -0.15) is 0 Å². The van der Waals surface area contributed by atoms with Crippen LogP contribution >= 0.6 is 34.8 Å². The molecule has 0 unspecified atom stereocenters. The molecule has 2 aromatic carbocycles. The molecular formula is C29H24Cl3N7O. The minimum atomic E-state index is -0.0943. The molecule has 1 aliphatic rings. The van der Waals surface area contributed by atoms with Gasteiger partial charge in [-0.3, -0.25) is 14.3 Å². The first-order chi connectivity index (χ1) is 19.5. The lowest BCUT2D eigenvalue weighted by molar-refractivity contribution is 0.0926. The van der Waals surface area contributed by atoms with Gasteiger partial charge in [-0.05, 0) is 80.3 Å². The number of pyridine rings is 1. The molecule has 0 radical (unpaired) electrons.